The van der Waals surface area contributed by atoms with Crippen LogP contribution in [0.25, 0.3) is 0 Å². The molecule has 180 valence electrons. The van der Waals surface area contributed by atoms with Crippen LogP contribution in [0.1, 0.15) is 32.9 Å². The molecule has 0 aliphatic carbocycles. The summed E-state index contributed by atoms with van der Waals surface area (Å²) in [4.78, 5) is 12.9. The van der Waals surface area contributed by atoms with E-state index in [0.29, 0.717) is 39.8 Å². The monoisotopic (exact) mass is 493 g/mol. The lowest BCUT2D eigenvalue weighted by molar-refractivity contribution is 0.102. The summed E-state index contributed by atoms with van der Waals surface area (Å²) >= 11 is 6.16. The van der Waals surface area contributed by atoms with Crippen molar-refractivity contribution in [2.45, 2.75) is 27.0 Å². The Bertz CT molecular complexity index is 1320. The second-order valence-corrected chi connectivity index (χ2v) is 8.43. The van der Waals surface area contributed by atoms with Crippen molar-refractivity contribution in [1.82, 2.24) is 9.78 Å². The molecule has 0 aliphatic heterocycles. The Morgan fingerprint density at radius 3 is 2.37 bits per heavy atom. The molecule has 1 aromatic heterocycles. The Morgan fingerprint density at radius 2 is 1.71 bits per heavy atom. The zero-order valence-corrected chi connectivity index (χ0v) is 20.4. The van der Waals surface area contributed by atoms with E-state index in [2.05, 4.69) is 10.4 Å². The molecule has 0 bridgehead atoms. The van der Waals surface area contributed by atoms with E-state index in [-0.39, 0.29) is 12.5 Å². The number of benzene rings is 3. The van der Waals surface area contributed by atoms with Gasteiger partial charge in [0.05, 0.1) is 30.7 Å². The zero-order chi connectivity index (χ0) is 24.9. The number of carbonyl (C=O) groups excluding carboxylic acids is 1. The Kier molecular flexibility index (Phi) is 7.36. The number of methoxy groups -OCH3 is 1. The van der Waals surface area contributed by atoms with Crippen LogP contribution in [-0.2, 0) is 13.2 Å². The number of ether oxygens (including phenoxy) is 2. The number of amides is 1. The SMILES string of the molecule is COc1ccc(OCc2ccc(C(=O)Nc3c(C)nn(Cc4c(F)cccc4Cl)c3C)cc2)cc1. The summed E-state index contributed by atoms with van der Waals surface area (Å²) in [5.74, 6) is 0.834. The van der Waals surface area contributed by atoms with Gasteiger partial charge in [0, 0.05) is 16.1 Å². The quantitative estimate of drug-likeness (QED) is 0.318. The fourth-order valence-electron chi connectivity index (χ4n) is 3.64. The molecule has 1 N–H and O–H groups in total. The number of hydrogen-bond donors (Lipinski definition) is 1. The van der Waals surface area contributed by atoms with Crippen LogP contribution in [0.3, 0.4) is 0 Å². The lowest BCUT2D eigenvalue weighted by Crippen LogP contribution is -2.13. The van der Waals surface area contributed by atoms with Crippen LogP contribution in [-0.4, -0.2) is 22.8 Å². The van der Waals surface area contributed by atoms with Gasteiger partial charge in [0.2, 0.25) is 0 Å². The van der Waals surface area contributed by atoms with Crippen LogP contribution in [0.2, 0.25) is 5.02 Å². The van der Waals surface area contributed by atoms with Gasteiger partial charge in [-0.05, 0) is 67.9 Å². The molecule has 8 heteroatoms. The summed E-state index contributed by atoms with van der Waals surface area (Å²) in [5.41, 5.74) is 3.72. The first-order valence-corrected chi connectivity index (χ1v) is 11.4. The number of nitrogens with one attached hydrogen (secondary N) is 1. The van der Waals surface area contributed by atoms with E-state index < -0.39 is 5.82 Å². The Morgan fingerprint density at radius 1 is 1.03 bits per heavy atom. The third-order valence-corrected chi connectivity index (χ3v) is 6.02. The van der Waals surface area contributed by atoms with Gasteiger partial charge in [0.15, 0.2) is 0 Å². The average Bonchev–Trinajstić information content (AvgIpc) is 3.13. The number of aromatic nitrogens is 2. The molecule has 0 unspecified atom stereocenters. The molecule has 0 saturated carbocycles. The van der Waals surface area contributed by atoms with Gasteiger partial charge in [0.1, 0.15) is 23.9 Å². The molecule has 0 spiro atoms. The highest BCUT2D eigenvalue weighted by molar-refractivity contribution is 6.31. The molecule has 4 rings (SSSR count). The van der Waals surface area contributed by atoms with Crippen molar-refractivity contribution in [3.63, 3.8) is 0 Å². The number of anilines is 1. The molecule has 0 radical (unpaired) electrons. The number of nitrogens with zero attached hydrogens (tertiary/aromatic N) is 2. The number of halogens is 2. The van der Waals surface area contributed by atoms with Crippen molar-refractivity contribution in [3.8, 4) is 11.5 Å². The highest BCUT2D eigenvalue weighted by Gasteiger charge is 2.17. The molecule has 6 nitrogen and oxygen atoms in total. The lowest BCUT2D eigenvalue weighted by atomic mass is 10.1. The van der Waals surface area contributed by atoms with E-state index in [1.54, 1.807) is 43.0 Å². The number of carbonyl (C=O) groups is 1. The van der Waals surface area contributed by atoms with Crippen LogP contribution in [0.15, 0.2) is 66.7 Å². The van der Waals surface area contributed by atoms with E-state index >= 15 is 0 Å². The third kappa shape index (κ3) is 5.63. The number of hydrogen-bond acceptors (Lipinski definition) is 4. The molecule has 0 saturated heterocycles. The van der Waals surface area contributed by atoms with Crippen LogP contribution >= 0.6 is 11.6 Å². The summed E-state index contributed by atoms with van der Waals surface area (Å²) < 4.78 is 26.8. The topological polar surface area (TPSA) is 65.4 Å². The summed E-state index contributed by atoms with van der Waals surface area (Å²) in [6.45, 7) is 4.15. The third-order valence-electron chi connectivity index (χ3n) is 5.67. The molecule has 1 heterocycles. The first-order chi connectivity index (χ1) is 16.9. The molecular weight excluding hydrogens is 469 g/mol. The fourth-order valence-corrected chi connectivity index (χ4v) is 3.86. The Balaban J connectivity index is 1.41. The second-order valence-electron chi connectivity index (χ2n) is 8.02. The molecule has 0 atom stereocenters. The van der Waals surface area contributed by atoms with Crippen LogP contribution in [0.5, 0.6) is 11.5 Å². The van der Waals surface area contributed by atoms with E-state index in [0.717, 1.165) is 17.1 Å². The standard InChI is InChI=1S/C27H25ClFN3O3/c1-17-26(18(2)32(31-17)15-23-24(28)5-4-6-25(23)29)30-27(33)20-9-7-19(8-10-20)16-35-22-13-11-21(34-3)12-14-22/h4-14H,15-16H2,1-3H3,(H,30,33). The fraction of sp³-hybridized carbons (Fsp3) is 0.185. The molecule has 1 amide bonds. The normalized spacial score (nSPS) is 10.8. The van der Waals surface area contributed by atoms with Crippen molar-refractivity contribution in [2.75, 3.05) is 12.4 Å². The van der Waals surface area contributed by atoms with Crippen molar-refractivity contribution >= 4 is 23.2 Å². The van der Waals surface area contributed by atoms with Gasteiger partial charge in [-0.3, -0.25) is 9.48 Å². The summed E-state index contributed by atoms with van der Waals surface area (Å²) in [5, 5.41) is 7.72. The van der Waals surface area contributed by atoms with Gasteiger partial charge in [-0.1, -0.05) is 29.8 Å². The van der Waals surface area contributed by atoms with Gasteiger partial charge in [-0.2, -0.15) is 5.10 Å². The molecule has 0 fully saturated rings. The predicted octanol–water partition coefficient (Wildman–Crippen LogP) is 6.18. The minimum atomic E-state index is -0.397. The van der Waals surface area contributed by atoms with Crippen molar-refractivity contribution in [1.29, 1.82) is 0 Å². The van der Waals surface area contributed by atoms with Gasteiger partial charge >= 0.3 is 0 Å². The maximum atomic E-state index is 14.2. The summed E-state index contributed by atoms with van der Waals surface area (Å²) in [6, 6.07) is 19.1. The molecule has 0 aliphatic rings. The molecule has 35 heavy (non-hydrogen) atoms. The molecule has 4 aromatic rings. The van der Waals surface area contributed by atoms with Crippen molar-refractivity contribution < 1.29 is 18.7 Å². The van der Waals surface area contributed by atoms with Crippen molar-refractivity contribution in [3.05, 3.63) is 106 Å². The van der Waals surface area contributed by atoms with Gasteiger partial charge in [0.25, 0.3) is 5.91 Å². The van der Waals surface area contributed by atoms with Crippen LogP contribution in [0, 0.1) is 19.7 Å². The lowest BCUT2D eigenvalue weighted by Gasteiger charge is -2.10. The maximum absolute atomic E-state index is 14.2. The smallest absolute Gasteiger partial charge is 0.255 e. The van der Waals surface area contributed by atoms with Crippen LogP contribution in [0.4, 0.5) is 10.1 Å². The highest BCUT2D eigenvalue weighted by atomic mass is 35.5. The van der Waals surface area contributed by atoms with E-state index in [4.69, 9.17) is 21.1 Å². The second kappa shape index (κ2) is 10.6. The van der Waals surface area contributed by atoms with E-state index in [1.165, 1.54) is 6.07 Å². The molecular formula is C27H25ClFN3O3. The minimum Gasteiger partial charge on any atom is -0.497 e. The van der Waals surface area contributed by atoms with E-state index in [9.17, 15) is 9.18 Å². The van der Waals surface area contributed by atoms with Gasteiger partial charge in [-0.25, -0.2) is 4.39 Å². The summed E-state index contributed by atoms with van der Waals surface area (Å²) in [6.07, 6.45) is 0. The zero-order valence-electron chi connectivity index (χ0n) is 19.6. The number of aryl methyl sites for hydroxylation is 1. The summed E-state index contributed by atoms with van der Waals surface area (Å²) in [7, 11) is 1.62. The van der Waals surface area contributed by atoms with Gasteiger partial charge < -0.3 is 14.8 Å². The minimum absolute atomic E-state index is 0.164. The van der Waals surface area contributed by atoms with Crippen molar-refractivity contribution in [2.24, 2.45) is 0 Å². The Hall–Kier alpha value is -3.84. The predicted molar refractivity (Wildman–Crippen MR) is 134 cm³/mol. The largest absolute Gasteiger partial charge is 0.497 e. The highest BCUT2D eigenvalue weighted by Crippen LogP contribution is 2.25. The molecule has 3 aromatic carbocycles. The number of rotatable bonds is 8. The average molecular weight is 494 g/mol. The first kappa shape index (κ1) is 24.3. The van der Waals surface area contributed by atoms with Gasteiger partial charge in [-0.15, -0.1) is 0 Å². The Labute approximate surface area is 208 Å². The first-order valence-electron chi connectivity index (χ1n) is 11.0. The van der Waals surface area contributed by atoms with Crippen LogP contribution < -0.4 is 14.8 Å². The van der Waals surface area contributed by atoms with E-state index in [1.807, 2.05) is 43.3 Å². The maximum Gasteiger partial charge on any atom is 0.255 e.